The summed E-state index contributed by atoms with van der Waals surface area (Å²) in [4.78, 5) is 15.6. The van der Waals surface area contributed by atoms with Gasteiger partial charge in [0.1, 0.15) is 23.8 Å². The van der Waals surface area contributed by atoms with Crippen molar-refractivity contribution >= 4 is 16.8 Å². The highest BCUT2D eigenvalue weighted by Gasteiger charge is 2.08. The van der Waals surface area contributed by atoms with Crippen molar-refractivity contribution in [2.24, 2.45) is 0 Å². The monoisotopic (exact) mass is 225 g/mol. The third-order valence-corrected chi connectivity index (χ3v) is 2.62. The lowest BCUT2D eigenvalue weighted by Gasteiger charge is -1.94. The van der Waals surface area contributed by atoms with Crippen LogP contribution in [0.5, 0.6) is 0 Å². The fourth-order valence-corrected chi connectivity index (χ4v) is 1.84. The Morgan fingerprint density at radius 2 is 2.29 bits per heavy atom. The Hall–Kier alpha value is -2.70. The molecule has 0 saturated carbocycles. The fraction of sp³-hybridized carbons (Fsp3) is 0. The van der Waals surface area contributed by atoms with Crippen molar-refractivity contribution in [3.05, 3.63) is 37.2 Å². The third-order valence-electron chi connectivity index (χ3n) is 2.62. The second-order valence-electron chi connectivity index (χ2n) is 3.63. The first-order chi connectivity index (χ1) is 8.42. The van der Waals surface area contributed by atoms with Crippen LogP contribution in [0, 0.1) is 0 Å². The van der Waals surface area contributed by atoms with Gasteiger partial charge in [-0.1, -0.05) is 0 Å². The number of aromatic amines is 1. The van der Waals surface area contributed by atoms with E-state index in [1.165, 1.54) is 6.33 Å². The third kappa shape index (κ3) is 1.10. The first-order valence-corrected chi connectivity index (χ1v) is 5.08. The number of imidazole rings is 1. The molecule has 7 nitrogen and oxygen atoms in total. The first-order valence-electron chi connectivity index (χ1n) is 5.08. The Kier molecular flexibility index (Phi) is 1.45. The van der Waals surface area contributed by atoms with Crippen LogP contribution >= 0.6 is 0 Å². The molecule has 0 aliphatic rings. The summed E-state index contributed by atoms with van der Waals surface area (Å²) < 4.78 is 3.64. The van der Waals surface area contributed by atoms with Gasteiger partial charge in [-0.25, -0.2) is 14.5 Å². The van der Waals surface area contributed by atoms with Crippen molar-refractivity contribution in [3.63, 3.8) is 0 Å². The van der Waals surface area contributed by atoms with Gasteiger partial charge >= 0.3 is 0 Å². The number of aromatic nitrogens is 7. The van der Waals surface area contributed by atoms with E-state index in [0.717, 1.165) is 11.2 Å². The Morgan fingerprint density at radius 3 is 3.24 bits per heavy atom. The van der Waals surface area contributed by atoms with Crippen molar-refractivity contribution in [2.75, 3.05) is 0 Å². The minimum Gasteiger partial charge on any atom is -0.321 e. The molecule has 17 heavy (non-hydrogen) atoms. The van der Waals surface area contributed by atoms with Crippen LogP contribution in [0.4, 0.5) is 0 Å². The number of fused-ring (bicyclic) bond motifs is 2. The summed E-state index contributed by atoms with van der Waals surface area (Å²) in [5.41, 5.74) is 2.39. The van der Waals surface area contributed by atoms with E-state index in [1.807, 2.05) is 22.9 Å². The first kappa shape index (κ1) is 8.45. The quantitative estimate of drug-likeness (QED) is 0.519. The molecule has 4 rings (SSSR count). The number of rotatable bonds is 1. The maximum Gasteiger partial charge on any atom is 0.216 e. The van der Waals surface area contributed by atoms with Crippen LogP contribution in [0.15, 0.2) is 37.2 Å². The van der Waals surface area contributed by atoms with Crippen molar-refractivity contribution in [2.45, 2.75) is 0 Å². The number of nitrogens with zero attached hydrogens (tertiary/aromatic N) is 6. The fourth-order valence-electron chi connectivity index (χ4n) is 1.84. The maximum absolute atomic E-state index is 4.39. The summed E-state index contributed by atoms with van der Waals surface area (Å²) in [5.74, 6) is 0.682. The summed E-state index contributed by atoms with van der Waals surface area (Å²) in [6, 6.07) is 3.90. The van der Waals surface area contributed by atoms with E-state index in [2.05, 4.69) is 25.0 Å². The van der Waals surface area contributed by atoms with Gasteiger partial charge in [0.05, 0.1) is 6.20 Å². The van der Waals surface area contributed by atoms with Crippen LogP contribution in [0.3, 0.4) is 0 Å². The summed E-state index contributed by atoms with van der Waals surface area (Å²) >= 11 is 0. The molecular weight excluding hydrogens is 218 g/mol. The minimum absolute atomic E-state index is 0.647. The zero-order valence-corrected chi connectivity index (χ0v) is 8.65. The molecule has 0 aromatic carbocycles. The number of nitrogens with one attached hydrogen (secondary N) is 1. The molecule has 82 valence electrons. The molecule has 0 radical (unpaired) electrons. The molecule has 4 heterocycles. The molecule has 0 fully saturated rings. The number of hydrogen-bond donors (Lipinski definition) is 1. The van der Waals surface area contributed by atoms with Crippen LogP contribution in [0.25, 0.3) is 22.8 Å². The van der Waals surface area contributed by atoms with Gasteiger partial charge in [-0.15, -0.1) is 0 Å². The Morgan fingerprint density at radius 1 is 1.29 bits per heavy atom. The Bertz CT molecular complexity index is 773. The smallest absolute Gasteiger partial charge is 0.216 e. The summed E-state index contributed by atoms with van der Waals surface area (Å²) in [5, 5.41) is 4.21. The van der Waals surface area contributed by atoms with E-state index in [-0.39, 0.29) is 0 Å². The van der Waals surface area contributed by atoms with E-state index >= 15 is 0 Å². The van der Waals surface area contributed by atoms with E-state index < -0.39 is 0 Å². The molecule has 0 aliphatic heterocycles. The number of H-pyrrole nitrogens is 1. The van der Waals surface area contributed by atoms with Crippen molar-refractivity contribution in [3.8, 4) is 5.95 Å². The van der Waals surface area contributed by atoms with E-state index in [9.17, 15) is 0 Å². The van der Waals surface area contributed by atoms with Crippen LogP contribution in [0.1, 0.15) is 0 Å². The molecule has 0 saturated heterocycles. The largest absolute Gasteiger partial charge is 0.321 e. The van der Waals surface area contributed by atoms with Crippen molar-refractivity contribution in [1.82, 2.24) is 34.1 Å². The molecule has 0 unspecified atom stereocenters. The van der Waals surface area contributed by atoms with Gasteiger partial charge in [-0.3, -0.25) is 4.57 Å². The van der Waals surface area contributed by atoms with Crippen molar-refractivity contribution in [1.29, 1.82) is 0 Å². The number of hydrogen-bond acceptors (Lipinski definition) is 4. The van der Waals surface area contributed by atoms with Gasteiger partial charge in [0.2, 0.25) is 5.95 Å². The molecule has 4 aromatic rings. The second kappa shape index (κ2) is 2.91. The predicted octanol–water partition coefficient (Wildman–Crippen LogP) is 0.791. The van der Waals surface area contributed by atoms with Crippen molar-refractivity contribution < 1.29 is 0 Å². The zero-order valence-electron chi connectivity index (χ0n) is 8.65. The van der Waals surface area contributed by atoms with Crippen LogP contribution in [-0.4, -0.2) is 34.1 Å². The Labute approximate surface area is 94.8 Å². The highest BCUT2D eigenvalue weighted by Crippen LogP contribution is 2.13. The summed E-state index contributed by atoms with van der Waals surface area (Å²) in [6.07, 6.45) is 6.77. The summed E-state index contributed by atoms with van der Waals surface area (Å²) in [7, 11) is 0. The average molecular weight is 225 g/mol. The second-order valence-corrected chi connectivity index (χ2v) is 3.63. The predicted molar refractivity (Wildman–Crippen MR) is 59.8 cm³/mol. The molecule has 0 spiro atoms. The van der Waals surface area contributed by atoms with Gasteiger partial charge in [-0.2, -0.15) is 10.1 Å². The topological polar surface area (TPSA) is 76.7 Å². The minimum atomic E-state index is 0.647. The molecule has 1 N–H and O–H groups in total. The molecule has 4 aromatic heterocycles. The molecule has 0 atom stereocenters. The molecular formula is C10H7N7. The highest BCUT2D eigenvalue weighted by atomic mass is 15.4. The molecule has 7 heteroatoms. The molecule has 0 aliphatic carbocycles. The van der Waals surface area contributed by atoms with Gasteiger partial charge in [0.25, 0.3) is 0 Å². The molecule has 0 amide bonds. The maximum atomic E-state index is 4.39. The van der Waals surface area contributed by atoms with Gasteiger partial charge in [0, 0.05) is 6.20 Å². The average Bonchev–Trinajstić information content (AvgIpc) is 3.02. The van der Waals surface area contributed by atoms with Gasteiger partial charge < -0.3 is 4.98 Å². The van der Waals surface area contributed by atoms with Gasteiger partial charge in [-0.05, 0) is 12.1 Å². The van der Waals surface area contributed by atoms with E-state index in [4.69, 9.17) is 0 Å². The van der Waals surface area contributed by atoms with Crippen LogP contribution in [0.2, 0.25) is 0 Å². The van der Waals surface area contributed by atoms with Crippen LogP contribution in [-0.2, 0) is 0 Å². The Balaban J connectivity index is 2.02. The lowest BCUT2D eigenvalue weighted by molar-refractivity contribution is 0.968. The van der Waals surface area contributed by atoms with Gasteiger partial charge in [0.15, 0.2) is 5.65 Å². The lowest BCUT2D eigenvalue weighted by atomic mass is 10.6. The lowest BCUT2D eigenvalue weighted by Crippen LogP contribution is -1.94. The molecule has 0 bridgehead atoms. The highest BCUT2D eigenvalue weighted by molar-refractivity contribution is 5.70. The SMILES string of the molecule is c1cc2n(-c3nc4ncncc4[nH]3)cnn2c1. The van der Waals surface area contributed by atoms with E-state index in [0.29, 0.717) is 11.6 Å². The summed E-state index contributed by atoms with van der Waals surface area (Å²) in [6.45, 7) is 0. The van der Waals surface area contributed by atoms with E-state index in [1.54, 1.807) is 17.0 Å². The standard InChI is InChI=1S/C10H7N7/c1-2-8-16(6-13-17(8)3-1)10-14-7-4-11-5-12-9(7)15-10/h1-6H,(H,11,12,14,15). The normalized spacial score (nSPS) is 11.5. The zero-order chi connectivity index (χ0) is 11.2. The van der Waals surface area contributed by atoms with Crippen LogP contribution < -0.4 is 0 Å².